The van der Waals surface area contributed by atoms with Crippen LogP contribution < -0.4 is 5.73 Å². The van der Waals surface area contributed by atoms with Gasteiger partial charge in [-0.05, 0) is 17.7 Å². The van der Waals surface area contributed by atoms with Crippen molar-refractivity contribution in [2.45, 2.75) is 4.83 Å². The Kier molecular flexibility index (Phi) is 2.65. The maximum atomic E-state index is 10.3. The van der Waals surface area contributed by atoms with Crippen molar-refractivity contribution in [2.75, 3.05) is 5.73 Å². The van der Waals surface area contributed by atoms with Crippen LogP contribution in [0, 0.1) is 0 Å². The lowest BCUT2D eigenvalue weighted by atomic mass is 10.1. The molecule has 58 valence electrons. The highest BCUT2D eigenvalue weighted by molar-refractivity contribution is 9.09. The van der Waals surface area contributed by atoms with Gasteiger partial charge in [0.05, 0.1) is 4.83 Å². The third-order valence-electron chi connectivity index (χ3n) is 1.35. The second kappa shape index (κ2) is 3.53. The molecule has 0 aliphatic rings. The molecule has 0 aliphatic carbocycles. The Morgan fingerprint density at radius 1 is 1.55 bits per heavy atom. The Morgan fingerprint density at radius 2 is 2.27 bits per heavy atom. The number of nitrogen functional groups attached to an aromatic ring is 1. The first-order valence-corrected chi connectivity index (χ1v) is 4.10. The lowest BCUT2D eigenvalue weighted by molar-refractivity contribution is -0.107. The Labute approximate surface area is 73.5 Å². The minimum atomic E-state index is -0.244. The second-order valence-corrected chi connectivity index (χ2v) is 3.19. The second-order valence-electron chi connectivity index (χ2n) is 2.21. The van der Waals surface area contributed by atoms with Gasteiger partial charge in [-0.15, -0.1) is 0 Å². The minimum Gasteiger partial charge on any atom is -0.399 e. The van der Waals surface area contributed by atoms with E-state index in [4.69, 9.17) is 5.73 Å². The van der Waals surface area contributed by atoms with Crippen molar-refractivity contribution < 1.29 is 4.79 Å². The molecular formula is C8H8BrNO. The van der Waals surface area contributed by atoms with E-state index in [0.29, 0.717) is 5.69 Å². The number of alkyl halides is 1. The fraction of sp³-hybridized carbons (Fsp3) is 0.125. The molecule has 0 saturated carbocycles. The summed E-state index contributed by atoms with van der Waals surface area (Å²) in [6, 6.07) is 7.23. The summed E-state index contributed by atoms with van der Waals surface area (Å²) in [7, 11) is 0. The lowest BCUT2D eigenvalue weighted by Gasteiger charge is -2.01. The van der Waals surface area contributed by atoms with Crippen molar-refractivity contribution in [1.82, 2.24) is 0 Å². The largest absolute Gasteiger partial charge is 0.399 e. The first-order chi connectivity index (χ1) is 5.24. The number of carbonyl (C=O) groups excluding carboxylic acids is 1. The first-order valence-electron chi connectivity index (χ1n) is 3.19. The van der Waals surface area contributed by atoms with Crippen molar-refractivity contribution in [1.29, 1.82) is 0 Å². The van der Waals surface area contributed by atoms with Crippen LogP contribution in [0.1, 0.15) is 10.4 Å². The van der Waals surface area contributed by atoms with Crippen molar-refractivity contribution in [3.63, 3.8) is 0 Å². The zero-order valence-corrected chi connectivity index (χ0v) is 7.41. The molecule has 2 nitrogen and oxygen atoms in total. The highest BCUT2D eigenvalue weighted by Crippen LogP contribution is 2.21. The molecule has 0 amide bonds. The highest BCUT2D eigenvalue weighted by Gasteiger charge is 2.03. The molecule has 11 heavy (non-hydrogen) atoms. The van der Waals surface area contributed by atoms with Crippen LogP contribution in [-0.4, -0.2) is 6.29 Å². The maximum absolute atomic E-state index is 10.3. The van der Waals surface area contributed by atoms with Gasteiger partial charge in [0.15, 0.2) is 0 Å². The summed E-state index contributed by atoms with van der Waals surface area (Å²) in [5.74, 6) is 0. The zero-order valence-electron chi connectivity index (χ0n) is 5.83. The molecule has 0 saturated heterocycles. The van der Waals surface area contributed by atoms with E-state index in [-0.39, 0.29) is 4.83 Å². The van der Waals surface area contributed by atoms with E-state index in [1.54, 1.807) is 12.1 Å². The van der Waals surface area contributed by atoms with Gasteiger partial charge in [0.2, 0.25) is 0 Å². The molecule has 0 aliphatic heterocycles. The van der Waals surface area contributed by atoms with Gasteiger partial charge >= 0.3 is 0 Å². The Balaban J connectivity index is 2.95. The summed E-state index contributed by atoms with van der Waals surface area (Å²) in [4.78, 5) is 10.1. The molecule has 2 N–H and O–H groups in total. The third kappa shape index (κ3) is 2.05. The molecule has 1 aromatic rings. The van der Waals surface area contributed by atoms with Crippen LogP contribution >= 0.6 is 15.9 Å². The first kappa shape index (κ1) is 8.27. The molecule has 3 heteroatoms. The van der Waals surface area contributed by atoms with Gasteiger partial charge in [-0.25, -0.2) is 0 Å². The molecular weight excluding hydrogens is 206 g/mol. The number of hydrogen-bond donors (Lipinski definition) is 1. The van der Waals surface area contributed by atoms with Gasteiger partial charge < -0.3 is 10.5 Å². The molecule has 0 heterocycles. The standard InChI is InChI=1S/C8H8BrNO/c9-8(5-11)6-2-1-3-7(10)4-6/h1-5,8H,10H2. The fourth-order valence-electron chi connectivity index (χ4n) is 0.809. The number of aldehydes is 1. The van der Waals surface area contributed by atoms with Crippen molar-refractivity contribution >= 4 is 27.9 Å². The Bertz CT molecular complexity index is 262. The third-order valence-corrected chi connectivity index (χ3v) is 2.09. The summed E-state index contributed by atoms with van der Waals surface area (Å²) in [6.45, 7) is 0. The van der Waals surface area contributed by atoms with E-state index < -0.39 is 0 Å². The number of nitrogens with two attached hydrogens (primary N) is 1. The van der Waals surface area contributed by atoms with Gasteiger partial charge in [-0.3, -0.25) is 0 Å². The highest BCUT2D eigenvalue weighted by atomic mass is 79.9. The van der Waals surface area contributed by atoms with Crippen LogP contribution in [0.4, 0.5) is 5.69 Å². The van der Waals surface area contributed by atoms with Gasteiger partial charge in [-0.2, -0.15) is 0 Å². The summed E-state index contributed by atoms with van der Waals surface area (Å²) in [5, 5.41) is 0. The van der Waals surface area contributed by atoms with Crippen molar-refractivity contribution in [3.05, 3.63) is 29.8 Å². The molecule has 1 unspecified atom stereocenters. The summed E-state index contributed by atoms with van der Waals surface area (Å²) >= 11 is 3.20. The van der Waals surface area contributed by atoms with E-state index in [0.717, 1.165) is 11.8 Å². The van der Waals surface area contributed by atoms with E-state index in [1.807, 2.05) is 12.1 Å². The van der Waals surface area contributed by atoms with Gasteiger partial charge in [0.25, 0.3) is 0 Å². The van der Waals surface area contributed by atoms with E-state index in [1.165, 1.54) is 0 Å². The molecule has 0 bridgehead atoms. The van der Waals surface area contributed by atoms with Crippen LogP contribution in [0.25, 0.3) is 0 Å². The van der Waals surface area contributed by atoms with E-state index in [9.17, 15) is 4.79 Å². The molecule has 1 atom stereocenters. The smallest absolute Gasteiger partial charge is 0.138 e. The monoisotopic (exact) mass is 213 g/mol. The zero-order chi connectivity index (χ0) is 8.27. The quantitative estimate of drug-likeness (QED) is 0.464. The number of hydrogen-bond acceptors (Lipinski definition) is 2. The van der Waals surface area contributed by atoms with E-state index >= 15 is 0 Å². The number of halogens is 1. The topological polar surface area (TPSA) is 43.1 Å². The van der Waals surface area contributed by atoms with Crippen LogP contribution in [0.3, 0.4) is 0 Å². The summed E-state index contributed by atoms with van der Waals surface area (Å²) in [6.07, 6.45) is 0.828. The molecule has 0 fully saturated rings. The fourth-order valence-corrected chi connectivity index (χ4v) is 1.09. The number of anilines is 1. The van der Waals surface area contributed by atoms with Crippen LogP contribution in [0.5, 0.6) is 0 Å². The molecule has 0 aromatic heterocycles. The normalized spacial score (nSPS) is 12.5. The number of carbonyl (C=O) groups is 1. The predicted octanol–water partition coefficient (Wildman–Crippen LogP) is 1.90. The molecule has 0 spiro atoms. The van der Waals surface area contributed by atoms with Crippen LogP contribution in [0.2, 0.25) is 0 Å². The minimum absolute atomic E-state index is 0.244. The summed E-state index contributed by atoms with van der Waals surface area (Å²) in [5.41, 5.74) is 7.08. The Morgan fingerprint density at radius 3 is 2.82 bits per heavy atom. The molecule has 1 rings (SSSR count). The average Bonchev–Trinajstić information content (AvgIpc) is 2.03. The number of rotatable bonds is 2. The SMILES string of the molecule is Nc1cccc(C(Br)C=O)c1. The molecule has 1 aromatic carbocycles. The lowest BCUT2D eigenvalue weighted by Crippen LogP contribution is -1.92. The van der Waals surface area contributed by atoms with Crippen molar-refractivity contribution in [3.8, 4) is 0 Å². The van der Waals surface area contributed by atoms with Crippen LogP contribution in [-0.2, 0) is 4.79 Å². The Hall–Kier alpha value is -0.830. The van der Waals surface area contributed by atoms with Gasteiger partial charge in [-0.1, -0.05) is 28.1 Å². The van der Waals surface area contributed by atoms with Gasteiger partial charge in [0, 0.05) is 5.69 Å². The van der Waals surface area contributed by atoms with Crippen molar-refractivity contribution in [2.24, 2.45) is 0 Å². The summed E-state index contributed by atoms with van der Waals surface area (Å²) < 4.78 is 0. The van der Waals surface area contributed by atoms with E-state index in [2.05, 4.69) is 15.9 Å². The van der Waals surface area contributed by atoms with Crippen LogP contribution in [0.15, 0.2) is 24.3 Å². The average molecular weight is 214 g/mol. The number of benzene rings is 1. The maximum Gasteiger partial charge on any atom is 0.138 e. The van der Waals surface area contributed by atoms with Gasteiger partial charge in [0.1, 0.15) is 6.29 Å². The predicted molar refractivity (Wildman–Crippen MR) is 48.6 cm³/mol. The molecule has 0 radical (unpaired) electrons.